The molecular formula is C9H9NO3. The third-order valence-electron chi connectivity index (χ3n) is 1.98. The zero-order valence-corrected chi connectivity index (χ0v) is 7.03. The van der Waals surface area contributed by atoms with Crippen LogP contribution >= 0.6 is 0 Å². The highest BCUT2D eigenvalue weighted by molar-refractivity contribution is 5.92. The van der Waals surface area contributed by atoms with Gasteiger partial charge in [0.05, 0.1) is 12.6 Å². The molecule has 1 aromatic heterocycles. The molecule has 1 heterocycles. The maximum Gasteiger partial charge on any atom is 0.182 e. The van der Waals surface area contributed by atoms with Crippen molar-refractivity contribution in [2.24, 2.45) is 0 Å². The van der Waals surface area contributed by atoms with Crippen molar-refractivity contribution in [3.8, 4) is 17.2 Å². The monoisotopic (exact) mass is 179 g/mol. The van der Waals surface area contributed by atoms with Crippen LogP contribution in [-0.2, 0) is 0 Å². The van der Waals surface area contributed by atoms with Crippen molar-refractivity contribution in [3.05, 3.63) is 18.3 Å². The van der Waals surface area contributed by atoms with Gasteiger partial charge < -0.3 is 19.9 Å². The second-order valence-corrected chi connectivity index (χ2v) is 2.71. The highest BCUT2D eigenvalue weighted by Crippen LogP contribution is 2.38. The lowest BCUT2D eigenvalue weighted by Gasteiger charge is -2.05. The topological polar surface area (TPSA) is 65.5 Å². The number of aromatic amines is 1. The van der Waals surface area contributed by atoms with E-state index in [2.05, 4.69) is 4.98 Å². The van der Waals surface area contributed by atoms with Crippen LogP contribution < -0.4 is 4.74 Å². The predicted octanol–water partition coefficient (Wildman–Crippen LogP) is 1.59. The van der Waals surface area contributed by atoms with Crippen molar-refractivity contribution >= 4 is 10.9 Å². The SMILES string of the molecule is COc1cc(O)c2cc[nH]c2c1O. The van der Waals surface area contributed by atoms with Gasteiger partial charge in [0.15, 0.2) is 11.5 Å². The van der Waals surface area contributed by atoms with Crippen LogP contribution in [-0.4, -0.2) is 22.3 Å². The molecule has 0 saturated heterocycles. The summed E-state index contributed by atoms with van der Waals surface area (Å²) in [5, 5.41) is 19.7. The molecule has 0 unspecified atom stereocenters. The Bertz CT molecular complexity index is 447. The minimum Gasteiger partial charge on any atom is -0.507 e. The van der Waals surface area contributed by atoms with Gasteiger partial charge in [-0.3, -0.25) is 0 Å². The number of phenols is 2. The molecule has 68 valence electrons. The van der Waals surface area contributed by atoms with Gasteiger partial charge in [0.1, 0.15) is 5.75 Å². The Morgan fingerprint density at radius 3 is 2.85 bits per heavy atom. The largest absolute Gasteiger partial charge is 0.507 e. The Balaban J connectivity index is 2.85. The fourth-order valence-corrected chi connectivity index (χ4v) is 1.33. The van der Waals surface area contributed by atoms with E-state index in [1.807, 2.05) is 0 Å². The first-order chi connectivity index (χ1) is 6.24. The molecule has 4 nitrogen and oxygen atoms in total. The van der Waals surface area contributed by atoms with Gasteiger partial charge in [-0.25, -0.2) is 0 Å². The zero-order chi connectivity index (χ0) is 9.42. The molecule has 0 fully saturated rings. The predicted molar refractivity (Wildman–Crippen MR) is 48.2 cm³/mol. The number of hydrogen-bond donors (Lipinski definition) is 3. The smallest absolute Gasteiger partial charge is 0.182 e. The summed E-state index contributed by atoms with van der Waals surface area (Å²) in [5.41, 5.74) is 0.483. The molecule has 0 radical (unpaired) electrons. The maximum atomic E-state index is 9.60. The minimum absolute atomic E-state index is 0.0142. The number of aromatic hydroxyl groups is 2. The molecule has 0 saturated carbocycles. The van der Waals surface area contributed by atoms with E-state index in [0.717, 1.165) is 0 Å². The van der Waals surface area contributed by atoms with E-state index in [4.69, 9.17) is 4.74 Å². The van der Waals surface area contributed by atoms with Crippen LogP contribution in [0.15, 0.2) is 18.3 Å². The third-order valence-corrected chi connectivity index (χ3v) is 1.98. The number of ether oxygens (including phenoxy) is 1. The van der Waals surface area contributed by atoms with Crippen LogP contribution in [0.2, 0.25) is 0 Å². The number of hydrogen-bond acceptors (Lipinski definition) is 3. The van der Waals surface area contributed by atoms with E-state index in [-0.39, 0.29) is 17.2 Å². The average molecular weight is 179 g/mol. The van der Waals surface area contributed by atoms with Gasteiger partial charge in [0.25, 0.3) is 0 Å². The maximum absolute atomic E-state index is 9.60. The Morgan fingerprint density at radius 1 is 1.38 bits per heavy atom. The van der Waals surface area contributed by atoms with E-state index in [9.17, 15) is 10.2 Å². The summed E-state index contributed by atoms with van der Waals surface area (Å²) in [6.45, 7) is 0. The molecule has 0 amide bonds. The lowest BCUT2D eigenvalue weighted by molar-refractivity contribution is 0.372. The summed E-state index contributed by atoms with van der Waals surface area (Å²) in [6.07, 6.45) is 1.64. The van der Waals surface area contributed by atoms with Crippen LogP contribution in [0.25, 0.3) is 10.9 Å². The molecule has 0 aliphatic carbocycles. The first-order valence-corrected chi connectivity index (χ1v) is 3.80. The van der Waals surface area contributed by atoms with Crippen molar-refractivity contribution in [2.75, 3.05) is 7.11 Å². The van der Waals surface area contributed by atoms with Gasteiger partial charge in [-0.2, -0.15) is 0 Å². The number of nitrogens with one attached hydrogen (secondary N) is 1. The van der Waals surface area contributed by atoms with E-state index in [0.29, 0.717) is 10.9 Å². The Hall–Kier alpha value is -1.84. The summed E-state index contributed by atoms with van der Waals surface area (Å²) in [6, 6.07) is 3.06. The minimum atomic E-state index is 0.0142. The number of methoxy groups -OCH3 is 1. The molecular weight excluding hydrogens is 170 g/mol. The van der Waals surface area contributed by atoms with Gasteiger partial charge in [0, 0.05) is 17.6 Å². The van der Waals surface area contributed by atoms with Gasteiger partial charge in [-0.05, 0) is 6.07 Å². The van der Waals surface area contributed by atoms with Crippen LogP contribution in [0.3, 0.4) is 0 Å². The summed E-state index contributed by atoms with van der Waals surface area (Å²) in [5.74, 6) is 0.360. The highest BCUT2D eigenvalue weighted by Gasteiger charge is 2.11. The van der Waals surface area contributed by atoms with Gasteiger partial charge >= 0.3 is 0 Å². The van der Waals surface area contributed by atoms with Gasteiger partial charge in [-0.15, -0.1) is 0 Å². The molecule has 2 rings (SSSR count). The van der Waals surface area contributed by atoms with Crippen LogP contribution in [0.1, 0.15) is 0 Å². The van der Waals surface area contributed by atoms with E-state index in [1.54, 1.807) is 12.3 Å². The van der Waals surface area contributed by atoms with Crippen molar-refractivity contribution in [1.82, 2.24) is 4.98 Å². The molecule has 3 N–H and O–H groups in total. The molecule has 4 heteroatoms. The molecule has 2 aromatic rings. The van der Waals surface area contributed by atoms with Crippen molar-refractivity contribution in [1.29, 1.82) is 0 Å². The lowest BCUT2D eigenvalue weighted by atomic mass is 10.2. The molecule has 0 aliphatic rings. The van der Waals surface area contributed by atoms with E-state index >= 15 is 0 Å². The quantitative estimate of drug-likeness (QED) is 0.582. The standard InChI is InChI=1S/C9H9NO3/c1-13-7-4-6(11)5-2-3-10-8(5)9(7)12/h2-4,10-12H,1H3. The number of H-pyrrole nitrogens is 1. The molecule has 0 spiro atoms. The van der Waals surface area contributed by atoms with Crippen molar-refractivity contribution in [2.45, 2.75) is 0 Å². The van der Waals surface area contributed by atoms with Crippen LogP contribution in [0.4, 0.5) is 0 Å². The Labute approximate surface area is 74.4 Å². The lowest BCUT2D eigenvalue weighted by Crippen LogP contribution is -1.84. The highest BCUT2D eigenvalue weighted by atomic mass is 16.5. The number of fused-ring (bicyclic) bond motifs is 1. The number of aromatic nitrogens is 1. The van der Waals surface area contributed by atoms with Gasteiger partial charge in [-0.1, -0.05) is 0 Å². The van der Waals surface area contributed by atoms with E-state index < -0.39 is 0 Å². The van der Waals surface area contributed by atoms with Crippen molar-refractivity contribution < 1.29 is 14.9 Å². The second-order valence-electron chi connectivity index (χ2n) is 2.71. The normalized spacial score (nSPS) is 10.5. The molecule has 13 heavy (non-hydrogen) atoms. The fourth-order valence-electron chi connectivity index (χ4n) is 1.33. The Kier molecular flexibility index (Phi) is 1.55. The van der Waals surface area contributed by atoms with Gasteiger partial charge in [0.2, 0.25) is 0 Å². The summed E-state index contributed by atoms with van der Waals surface area (Å²) >= 11 is 0. The summed E-state index contributed by atoms with van der Waals surface area (Å²) in [4.78, 5) is 2.81. The van der Waals surface area contributed by atoms with Crippen LogP contribution in [0.5, 0.6) is 17.2 Å². The summed E-state index contributed by atoms with van der Waals surface area (Å²) in [7, 11) is 1.43. The second kappa shape index (κ2) is 2.58. The average Bonchev–Trinajstić information content (AvgIpc) is 2.60. The number of phenolic OH excluding ortho intramolecular Hbond substituents is 2. The van der Waals surface area contributed by atoms with Crippen molar-refractivity contribution in [3.63, 3.8) is 0 Å². The Morgan fingerprint density at radius 2 is 2.15 bits per heavy atom. The molecule has 0 bridgehead atoms. The molecule has 0 aliphatic heterocycles. The summed E-state index contributed by atoms with van der Waals surface area (Å²) < 4.78 is 4.87. The molecule has 0 atom stereocenters. The van der Waals surface area contributed by atoms with E-state index in [1.165, 1.54) is 13.2 Å². The first-order valence-electron chi connectivity index (χ1n) is 3.80. The van der Waals surface area contributed by atoms with Crippen LogP contribution in [0, 0.1) is 0 Å². The first kappa shape index (κ1) is 7.79. The fraction of sp³-hybridized carbons (Fsp3) is 0.111. The molecule has 1 aromatic carbocycles. The zero-order valence-electron chi connectivity index (χ0n) is 7.03. The third kappa shape index (κ3) is 0.989. The number of benzene rings is 1. The number of rotatable bonds is 1.